The Bertz CT molecular complexity index is 765. The molecule has 0 amide bonds. The highest BCUT2D eigenvalue weighted by molar-refractivity contribution is 5.86. The molecule has 2 bridgehead atoms. The van der Waals surface area contributed by atoms with E-state index in [0.717, 1.165) is 35.6 Å². The van der Waals surface area contributed by atoms with Crippen molar-refractivity contribution in [2.75, 3.05) is 0 Å². The summed E-state index contributed by atoms with van der Waals surface area (Å²) in [7, 11) is 0. The molecule has 2 saturated carbocycles. The Morgan fingerprint density at radius 1 is 1.35 bits per heavy atom. The predicted octanol–water partition coefficient (Wildman–Crippen LogP) is 3.53. The second kappa shape index (κ2) is 5.32. The summed E-state index contributed by atoms with van der Waals surface area (Å²) < 4.78 is 1.69. The van der Waals surface area contributed by atoms with Gasteiger partial charge >= 0.3 is 5.97 Å². The molecule has 2 aliphatic carbocycles. The molecule has 2 heterocycles. The van der Waals surface area contributed by atoms with Gasteiger partial charge in [0.05, 0.1) is 0 Å². The molecule has 0 aliphatic heterocycles. The molecule has 3 atom stereocenters. The normalized spacial score (nSPS) is 26.5. The largest absolute Gasteiger partial charge is 0.476 e. The van der Waals surface area contributed by atoms with Crippen molar-refractivity contribution in [1.29, 1.82) is 0 Å². The fraction of sp³-hybridized carbons (Fsp3) is 0.611. The van der Waals surface area contributed by atoms with Crippen LogP contribution in [0.5, 0.6) is 0 Å². The van der Waals surface area contributed by atoms with Crippen LogP contribution in [-0.2, 0) is 6.42 Å². The summed E-state index contributed by atoms with van der Waals surface area (Å²) in [5.41, 5.74) is 2.86. The average Bonchev–Trinajstić information content (AvgIpc) is 3.20. The Balaban J connectivity index is 1.70. The van der Waals surface area contributed by atoms with Gasteiger partial charge in [0.1, 0.15) is 0 Å². The molecule has 4 rings (SSSR count). The van der Waals surface area contributed by atoms with E-state index in [1.807, 2.05) is 0 Å². The molecule has 2 aromatic rings. The molecule has 5 nitrogen and oxygen atoms in total. The third kappa shape index (κ3) is 2.52. The van der Waals surface area contributed by atoms with E-state index in [2.05, 4.69) is 25.0 Å². The molecule has 2 fully saturated rings. The lowest BCUT2D eigenvalue weighted by atomic mass is 9.85. The van der Waals surface area contributed by atoms with E-state index in [1.165, 1.54) is 25.7 Å². The molecule has 0 spiro atoms. The number of carbonyl (C=O) groups is 1. The fourth-order valence-corrected chi connectivity index (χ4v) is 4.57. The average molecular weight is 313 g/mol. The highest BCUT2D eigenvalue weighted by Gasteiger charge is 2.39. The van der Waals surface area contributed by atoms with Crippen LogP contribution in [0.1, 0.15) is 67.3 Å². The molecular weight excluding hydrogens is 290 g/mol. The molecule has 2 aromatic heterocycles. The highest BCUT2D eigenvalue weighted by atomic mass is 16.4. The molecule has 3 unspecified atom stereocenters. The zero-order valence-electron chi connectivity index (χ0n) is 13.7. The SMILES string of the molecule is CC(C)c1cc(CC2CC3CCC2C3)nc2cc(C(=O)O)nn12. The van der Waals surface area contributed by atoms with Gasteiger partial charge in [0.25, 0.3) is 0 Å². The molecule has 5 heteroatoms. The zero-order chi connectivity index (χ0) is 16.1. The molecule has 0 radical (unpaired) electrons. The van der Waals surface area contributed by atoms with Crippen LogP contribution in [0.2, 0.25) is 0 Å². The quantitative estimate of drug-likeness (QED) is 0.937. The van der Waals surface area contributed by atoms with Gasteiger partial charge in [0, 0.05) is 17.5 Å². The summed E-state index contributed by atoms with van der Waals surface area (Å²) in [6.07, 6.45) is 6.55. The van der Waals surface area contributed by atoms with E-state index in [-0.39, 0.29) is 11.6 Å². The van der Waals surface area contributed by atoms with Crippen molar-refractivity contribution in [2.45, 2.75) is 51.9 Å². The first-order valence-electron chi connectivity index (χ1n) is 8.64. The van der Waals surface area contributed by atoms with Crippen molar-refractivity contribution >= 4 is 11.6 Å². The highest BCUT2D eigenvalue weighted by Crippen LogP contribution is 2.49. The molecule has 0 saturated heterocycles. The number of hydrogen-bond donors (Lipinski definition) is 1. The maximum atomic E-state index is 11.2. The van der Waals surface area contributed by atoms with Crippen LogP contribution in [0, 0.1) is 17.8 Å². The minimum Gasteiger partial charge on any atom is -0.476 e. The number of nitrogens with zero attached hydrogens (tertiary/aromatic N) is 3. The lowest BCUT2D eigenvalue weighted by Gasteiger charge is -2.21. The monoisotopic (exact) mass is 313 g/mol. The Kier molecular flexibility index (Phi) is 3.39. The Hall–Kier alpha value is -1.91. The van der Waals surface area contributed by atoms with Gasteiger partial charge in [-0.05, 0) is 55.4 Å². The first-order valence-corrected chi connectivity index (χ1v) is 8.64. The molecule has 1 N–H and O–H groups in total. The van der Waals surface area contributed by atoms with E-state index in [0.29, 0.717) is 5.65 Å². The van der Waals surface area contributed by atoms with Crippen LogP contribution in [0.25, 0.3) is 5.65 Å². The minimum absolute atomic E-state index is 0.0662. The number of carboxylic acids is 1. The summed E-state index contributed by atoms with van der Waals surface area (Å²) in [5.74, 6) is 1.85. The van der Waals surface area contributed by atoms with Crippen LogP contribution in [0.3, 0.4) is 0 Å². The maximum Gasteiger partial charge on any atom is 0.356 e. The van der Waals surface area contributed by atoms with Crippen molar-refractivity contribution in [1.82, 2.24) is 14.6 Å². The first-order chi connectivity index (χ1) is 11.0. The summed E-state index contributed by atoms with van der Waals surface area (Å²) in [5, 5.41) is 13.4. The molecular formula is C18H23N3O2. The van der Waals surface area contributed by atoms with E-state index in [9.17, 15) is 9.90 Å². The number of rotatable bonds is 4. The Morgan fingerprint density at radius 3 is 2.78 bits per heavy atom. The van der Waals surface area contributed by atoms with E-state index < -0.39 is 5.97 Å². The van der Waals surface area contributed by atoms with Crippen LogP contribution in [0.4, 0.5) is 0 Å². The second-order valence-corrected chi connectivity index (χ2v) is 7.57. The van der Waals surface area contributed by atoms with Gasteiger partial charge in [-0.15, -0.1) is 0 Å². The lowest BCUT2D eigenvalue weighted by Crippen LogP contribution is -2.15. The minimum atomic E-state index is -1.00. The van der Waals surface area contributed by atoms with E-state index >= 15 is 0 Å². The molecule has 23 heavy (non-hydrogen) atoms. The summed E-state index contributed by atoms with van der Waals surface area (Å²) in [6.45, 7) is 4.22. The summed E-state index contributed by atoms with van der Waals surface area (Å²) >= 11 is 0. The second-order valence-electron chi connectivity index (χ2n) is 7.57. The third-order valence-corrected chi connectivity index (χ3v) is 5.67. The van der Waals surface area contributed by atoms with Crippen molar-refractivity contribution in [3.63, 3.8) is 0 Å². The van der Waals surface area contributed by atoms with Gasteiger partial charge in [0.15, 0.2) is 11.3 Å². The van der Waals surface area contributed by atoms with Crippen LogP contribution in [0.15, 0.2) is 12.1 Å². The van der Waals surface area contributed by atoms with Gasteiger partial charge < -0.3 is 5.11 Å². The number of hydrogen-bond acceptors (Lipinski definition) is 3. The van der Waals surface area contributed by atoms with Gasteiger partial charge in [-0.25, -0.2) is 14.3 Å². The van der Waals surface area contributed by atoms with Gasteiger partial charge in [-0.3, -0.25) is 0 Å². The molecule has 122 valence electrons. The van der Waals surface area contributed by atoms with Gasteiger partial charge in [-0.1, -0.05) is 20.3 Å². The van der Waals surface area contributed by atoms with Gasteiger partial charge in [-0.2, -0.15) is 5.10 Å². The van der Waals surface area contributed by atoms with Crippen molar-refractivity contribution in [3.8, 4) is 0 Å². The van der Waals surface area contributed by atoms with Crippen LogP contribution < -0.4 is 0 Å². The van der Waals surface area contributed by atoms with Crippen molar-refractivity contribution in [3.05, 3.63) is 29.2 Å². The van der Waals surface area contributed by atoms with Crippen LogP contribution in [-0.4, -0.2) is 25.7 Å². The zero-order valence-corrected chi connectivity index (χ0v) is 13.7. The topological polar surface area (TPSA) is 67.5 Å². The van der Waals surface area contributed by atoms with E-state index in [4.69, 9.17) is 4.98 Å². The molecule has 0 aromatic carbocycles. The maximum absolute atomic E-state index is 11.2. The van der Waals surface area contributed by atoms with Crippen molar-refractivity contribution < 1.29 is 9.90 Å². The summed E-state index contributed by atoms with van der Waals surface area (Å²) in [6, 6.07) is 3.71. The number of fused-ring (bicyclic) bond motifs is 3. The number of carboxylic acid groups (broad SMARTS) is 1. The summed E-state index contributed by atoms with van der Waals surface area (Å²) in [4.78, 5) is 15.9. The fourth-order valence-electron chi connectivity index (χ4n) is 4.57. The first kappa shape index (κ1) is 14.7. The Labute approximate surface area is 135 Å². The smallest absolute Gasteiger partial charge is 0.356 e. The third-order valence-electron chi connectivity index (χ3n) is 5.67. The lowest BCUT2D eigenvalue weighted by molar-refractivity contribution is 0.0690. The predicted molar refractivity (Wildman–Crippen MR) is 86.7 cm³/mol. The molecule has 2 aliphatic rings. The Morgan fingerprint density at radius 2 is 2.17 bits per heavy atom. The van der Waals surface area contributed by atoms with Crippen LogP contribution >= 0.6 is 0 Å². The van der Waals surface area contributed by atoms with Gasteiger partial charge in [0.2, 0.25) is 0 Å². The van der Waals surface area contributed by atoms with E-state index in [1.54, 1.807) is 10.6 Å². The van der Waals surface area contributed by atoms with Crippen molar-refractivity contribution in [2.24, 2.45) is 17.8 Å². The number of aromatic carboxylic acids is 1. The standard InChI is InChI=1S/C18H23N3O2/c1-10(2)16-8-14(7-13-6-11-3-4-12(13)5-11)19-17-9-15(18(22)23)20-21(16)17/h8-13H,3-7H2,1-2H3,(H,22,23). The number of aromatic nitrogens is 3.